The molecule has 2 nitrogen and oxygen atoms in total. The molecule has 0 saturated carbocycles. The Hall–Kier alpha value is -0.370. The van der Waals surface area contributed by atoms with Crippen molar-refractivity contribution in [2.24, 2.45) is 0 Å². The van der Waals surface area contributed by atoms with Crippen LogP contribution in [0.5, 0.6) is 5.75 Å². The molecule has 9 heteroatoms. The average Bonchev–Trinajstić information content (AvgIpc) is 2.45. The molecule has 0 aliphatic carbocycles. The van der Waals surface area contributed by atoms with Gasteiger partial charge in [-0.15, -0.1) is 11.6 Å². The van der Waals surface area contributed by atoms with Crippen LogP contribution in [0.3, 0.4) is 0 Å². The van der Waals surface area contributed by atoms with Crippen molar-refractivity contribution in [1.29, 1.82) is 0 Å². The normalized spacial score (nSPS) is 14.2. The smallest absolute Gasteiger partial charge is 0.404 e. The SMILES string of the molecule is CCOC(=S)SC(COc1ccc(Cl)cc1)CC(Cl)C(F)(F)F. The van der Waals surface area contributed by atoms with E-state index in [9.17, 15) is 13.2 Å². The largest absolute Gasteiger partial charge is 0.492 e. The lowest BCUT2D eigenvalue weighted by Crippen LogP contribution is -2.30. The first-order valence-corrected chi connectivity index (χ1v) is 8.75. The van der Waals surface area contributed by atoms with Gasteiger partial charge < -0.3 is 9.47 Å². The number of alkyl halides is 4. The fourth-order valence-electron chi connectivity index (χ4n) is 1.52. The molecule has 0 heterocycles. The fraction of sp³-hybridized carbons (Fsp3) is 0.500. The molecule has 0 N–H and O–H groups in total. The van der Waals surface area contributed by atoms with E-state index in [1.807, 2.05) is 0 Å². The molecule has 23 heavy (non-hydrogen) atoms. The van der Waals surface area contributed by atoms with Crippen molar-refractivity contribution in [2.45, 2.75) is 30.1 Å². The third-order valence-corrected chi connectivity index (χ3v) is 4.66. The van der Waals surface area contributed by atoms with Crippen LogP contribution < -0.4 is 4.74 Å². The first-order valence-electron chi connectivity index (χ1n) is 6.65. The highest BCUT2D eigenvalue weighted by Gasteiger charge is 2.40. The van der Waals surface area contributed by atoms with E-state index in [0.717, 1.165) is 11.8 Å². The summed E-state index contributed by atoms with van der Waals surface area (Å²) in [5.74, 6) is 0.500. The number of hydrogen-bond acceptors (Lipinski definition) is 4. The van der Waals surface area contributed by atoms with Crippen LogP contribution in [0.1, 0.15) is 13.3 Å². The summed E-state index contributed by atoms with van der Waals surface area (Å²) in [5, 5.41) is -2.02. The van der Waals surface area contributed by atoms with Gasteiger partial charge in [-0.05, 0) is 49.8 Å². The Balaban J connectivity index is 2.66. The minimum Gasteiger partial charge on any atom is -0.492 e. The molecule has 130 valence electrons. The van der Waals surface area contributed by atoms with Crippen molar-refractivity contribution in [1.82, 2.24) is 0 Å². The van der Waals surface area contributed by atoms with Gasteiger partial charge in [0, 0.05) is 10.3 Å². The molecule has 0 bridgehead atoms. The molecule has 0 spiro atoms. The maximum atomic E-state index is 12.6. The van der Waals surface area contributed by atoms with Gasteiger partial charge in [0.15, 0.2) is 0 Å². The third-order valence-electron chi connectivity index (χ3n) is 2.60. The quantitative estimate of drug-likeness (QED) is 0.426. The summed E-state index contributed by atoms with van der Waals surface area (Å²) in [6.45, 7) is 2.10. The number of benzene rings is 1. The Labute approximate surface area is 152 Å². The monoisotopic (exact) mass is 406 g/mol. The number of thioether (sulfide) groups is 1. The lowest BCUT2D eigenvalue weighted by Gasteiger charge is -2.21. The standard InChI is InChI=1S/C14H15Cl2F3O2S2/c1-2-20-13(22)23-11(7-12(16)14(17,18)19)8-21-10-5-3-9(15)4-6-10/h3-6,11-12H,2,7-8H2,1H3. The molecule has 0 fully saturated rings. The molecule has 0 radical (unpaired) electrons. The van der Waals surface area contributed by atoms with Crippen LogP contribution in [0.25, 0.3) is 0 Å². The van der Waals surface area contributed by atoms with Gasteiger partial charge in [0.05, 0.1) is 6.61 Å². The molecule has 0 aliphatic heterocycles. The molecular weight excluding hydrogens is 392 g/mol. The Kier molecular flexibility index (Phi) is 8.82. The highest BCUT2D eigenvalue weighted by molar-refractivity contribution is 8.23. The predicted molar refractivity (Wildman–Crippen MR) is 92.9 cm³/mol. The number of hydrogen-bond donors (Lipinski definition) is 0. The molecule has 0 aliphatic rings. The summed E-state index contributed by atoms with van der Waals surface area (Å²) in [7, 11) is 0. The van der Waals surface area contributed by atoms with E-state index in [0.29, 0.717) is 17.4 Å². The number of ether oxygens (including phenoxy) is 2. The number of halogens is 5. The van der Waals surface area contributed by atoms with Gasteiger partial charge in [0.2, 0.25) is 4.38 Å². The van der Waals surface area contributed by atoms with E-state index in [2.05, 4.69) is 0 Å². The van der Waals surface area contributed by atoms with Gasteiger partial charge in [-0.3, -0.25) is 0 Å². The van der Waals surface area contributed by atoms with E-state index in [1.165, 1.54) is 0 Å². The second kappa shape index (κ2) is 9.81. The Bertz CT molecular complexity index is 498. The third kappa shape index (κ3) is 8.33. The zero-order chi connectivity index (χ0) is 17.5. The minimum absolute atomic E-state index is 0.0127. The second-order valence-electron chi connectivity index (χ2n) is 4.43. The van der Waals surface area contributed by atoms with Crippen LogP contribution in [0.2, 0.25) is 5.02 Å². The van der Waals surface area contributed by atoms with Crippen molar-refractivity contribution in [2.75, 3.05) is 13.2 Å². The summed E-state index contributed by atoms with van der Waals surface area (Å²) in [4.78, 5) is 0. The van der Waals surface area contributed by atoms with Gasteiger partial charge in [0.25, 0.3) is 0 Å². The van der Waals surface area contributed by atoms with E-state index in [1.54, 1.807) is 31.2 Å². The van der Waals surface area contributed by atoms with Gasteiger partial charge in [0.1, 0.15) is 17.7 Å². The van der Waals surface area contributed by atoms with Crippen molar-refractivity contribution in [3.8, 4) is 5.75 Å². The maximum Gasteiger partial charge on any atom is 0.404 e. The fourth-order valence-corrected chi connectivity index (χ4v) is 3.38. The first kappa shape index (κ1) is 20.7. The lowest BCUT2D eigenvalue weighted by molar-refractivity contribution is -0.131. The highest BCUT2D eigenvalue weighted by Crippen LogP contribution is 2.32. The van der Waals surface area contributed by atoms with Crippen molar-refractivity contribution in [3.05, 3.63) is 29.3 Å². The molecule has 1 aromatic carbocycles. The molecule has 0 aromatic heterocycles. The van der Waals surface area contributed by atoms with E-state index >= 15 is 0 Å². The maximum absolute atomic E-state index is 12.6. The molecular formula is C14H15Cl2F3O2S2. The Morgan fingerprint density at radius 3 is 2.43 bits per heavy atom. The van der Waals surface area contributed by atoms with Gasteiger partial charge in [-0.1, -0.05) is 23.4 Å². The highest BCUT2D eigenvalue weighted by atomic mass is 35.5. The van der Waals surface area contributed by atoms with Gasteiger partial charge >= 0.3 is 6.18 Å². The molecule has 2 unspecified atom stereocenters. The van der Waals surface area contributed by atoms with Crippen molar-refractivity contribution in [3.63, 3.8) is 0 Å². The first-order chi connectivity index (χ1) is 10.7. The van der Waals surface area contributed by atoms with E-state index in [-0.39, 0.29) is 17.4 Å². The van der Waals surface area contributed by atoms with Crippen molar-refractivity contribution >= 4 is 51.6 Å². The van der Waals surface area contributed by atoms with E-state index in [4.69, 9.17) is 44.9 Å². The summed E-state index contributed by atoms with van der Waals surface area (Å²) in [6, 6.07) is 6.52. The molecule has 0 amide bonds. The van der Waals surface area contributed by atoms with Crippen LogP contribution in [-0.2, 0) is 4.74 Å². The zero-order valence-electron chi connectivity index (χ0n) is 12.1. The Morgan fingerprint density at radius 1 is 1.30 bits per heavy atom. The van der Waals surface area contributed by atoms with Crippen LogP contribution in [-0.4, -0.2) is 34.4 Å². The summed E-state index contributed by atoms with van der Waals surface area (Å²) < 4.78 is 48.7. The van der Waals surface area contributed by atoms with Crippen molar-refractivity contribution < 1.29 is 22.6 Å². The number of rotatable bonds is 7. The average molecular weight is 407 g/mol. The second-order valence-corrected chi connectivity index (χ2v) is 7.30. The lowest BCUT2D eigenvalue weighted by atomic mass is 10.2. The molecule has 1 rings (SSSR count). The predicted octanol–water partition coefficient (Wildman–Crippen LogP) is 5.70. The topological polar surface area (TPSA) is 18.5 Å². The van der Waals surface area contributed by atoms with Gasteiger partial charge in [-0.25, -0.2) is 0 Å². The van der Waals surface area contributed by atoms with E-state index < -0.39 is 16.8 Å². The van der Waals surface area contributed by atoms with Crippen LogP contribution in [0, 0.1) is 0 Å². The van der Waals surface area contributed by atoms with Gasteiger partial charge in [-0.2, -0.15) is 13.2 Å². The van der Waals surface area contributed by atoms with Crippen LogP contribution >= 0.6 is 47.2 Å². The Morgan fingerprint density at radius 2 is 1.91 bits per heavy atom. The van der Waals surface area contributed by atoms with Crippen LogP contribution in [0.4, 0.5) is 13.2 Å². The summed E-state index contributed by atoms with van der Waals surface area (Å²) in [5.41, 5.74) is 0. The molecule has 1 aromatic rings. The zero-order valence-corrected chi connectivity index (χ0v) is 15.3. The summed E-state index contributed by atoms with van der Waals surface area (Å²) in [6.07, 6.45) is -4.82. The minimum atomic E-state index is -4.48. The summed E-state index contributed by atoms with van der Waals surface area (Å²) >= 11 is 17.2. The van der Waals surface area contributed by atoms with Crippen LogP contribution in [0.15, 0.2) is 24.3 Å². The number of thiocarbonyl (C=S) groups is 1. The molecule has 0 saturated heterocycles. The molecule has 2 atom stereocenters.